The van der Waals surface area contributed by atoms with E-state index in [0.29, 0.717) is 19.3 Å². The minimum absolute atomic E-state index is 0.0744. The van der Waals surface area contributed by atoms with Gasteiger partial charge in [-0.25, -0.2) is 0 Å². The van der Waals surface area contributed by atoms with E-state index in [1.165, 1.54) is 193 Å². The Morgan fingerprint density at radius 2 is 0.552 bits per heavy atom. The van der Waals surface area contributed by atoms with E-state index in [1.807, 2.05) is 0 Å². The molecule has 0 bridgehead atoms. The van der Waals surface area contributed by atoms with E-state index in [0.717, 1.165) is 83.5 Å². The molecule has 1 atom stereocenters. The Kier molecular flexibility index (Phi) is 54.2. The topological polar surface area (TPSA) is 78.9 Å². The van der Waals surface area contributed by atoms with Gasteiger partial charge in [-0.1, -0.05) is 263 Å². The van der Waals surface area contributed by atoms with Crippen molar-refractivity contribution in [2.45, 2.75) is 322 Å². The lowest BCUT2D eigenvalue weighted by atomic mass is 10.0. The van der Waals surface area contributed by atoms with Crippen molar-refractivity contribution in [2.75, 3.05) is 13.2 Å². The largest absolute Gasteiger partial charge is 0.462 e. The van der Waals surface area contributed by atoms with Gasteiger partial charge in [0.2, 0.25) is 0 Å². The fourth-order valence-electron chi connectivity index (χ4n) is 8.63. The molecule has 0 aromatic heterocycles. The average Bonchev–Trinajstić information content (AvgIpc) is 3.33. The Labute approximate surface area is 416 Å². The molecule has 0 aliphatic rings. The monoisotopic (exact) mass is 941 g/mol. The number of carbonyl (C=O) groups is 3. The van der Waals surface area contributed by atoms with Gasteiger partial charge in [0.05, 0.1) is 0 Å². The Bertz CT molecular complexity index is 1130. The highest BCUT2D eigenvalue weighted by Gasteiger charge is 2.19. The molecule has 1 unspecified atom stereocenters. The van der Waals surface area contributed by atoms with Crippen molar-refractivity contribution in [1.82, 2.24) is 0 Å². The van der Waals surface area contributed by atoms with Crippen molar-refractivity contribution in [3.8, 4) is 0 Å². The summed E-state index contributed by atoms with van der Waals surface area (Å²) in [6.07, 6.45) is 67.2. The SMILES string of the molecule is CCCC/C=C\C/C=C\CCCCCCCC(=O)OC(COC(=O)CCCCCCCCCCCC)COC(=O)CCCCCCCCCCCCCCC/C=C\CCCCCCCCCC. The van der Waals surface area contributed by atoms with Gasteiger partial charge in [-0.15, -0.1) is 0 Å². The summed E-state index contributed by atoms with van der Waals surface area (Å²) in [6, 6.07) is 0. The number of hydrogen-bond acceptors (Lipinski definition) is 6. The number of hydrogen-bond donors (Lipinski definition) is 0. The third-order valence-electron chi connectivity index (χ3n) is 13.1. The highest BCUT2D eigenvalue weighted by Crippen LogP contribution is 2.16. The van der Waals surface area contributed by atoms with Crippen LogP contribution in [-0.2, 0) is 28.6 Å². The van der Waals surface area contributed by atoms with Crippen molar-refractivity contribution < 1.29 is 28.6 Å². The lowest BCUT2D eigenvalue weighted by Gasteiger charge is -2.18. The van der Waals surface area contributed by atoms with E-state index in [2.05, 4.69) is 57.2 Å². The molecule has 0 saturated carbocycles. The first-order chi connectivity index (χ1) is 33.0. The van der Waals surface area contributed by atoms with Crippen LogP contribution in [0.25, 0.3) is 0 Å². The minimum Gasteiger partial charge on any atom is -0.462 e. The maximum atomic E-state index is 12.8. The molecule has 0 fully saturated rings. The second-order valence-electron chi connectivity index (χ2n) is 19.9. The van der Waals surface area contributed by atoms with Crippen LogP contribution in [0.3, 0.4) is 0 Å². The minimum atomic E-state index is -0.775. The number of unbranched alkanes of at least 4 members (excludes halogenated alkanes) is 37. The molecule has 0 saturated heterocycles. The van der Waals surface area contributed by atoms with Crippen molar-refractivity contribution in [3.63, 3.8) is 0 Å². The van der Waals surface area contributed by atoms with E-state index >= 15 is 0 Å². The first-order valence-electron chi connectivity index (χ1n) is 29.5. The lowest BCUT2D eigenvalue weighted by Crippen LogP contribution is -2.30. The Balaban J connectivity index is 4.18. The van der Waals surface area contributed by atoms with Gasteiger partial charge in [-0.05, 0) is 70.6 Å². The highest BCUT2D eigenvalue weighted by molar-refractivity contribution is 5.71. The van der Waals surface area contributed by atoms with Gasteiger partial charge in [-0.3, -0.25) is 14.4 Å². The number of carbonyl (C=O) groups excluding carboxylic acids is 3. The van der Waals surface area contributed by atoms with Crippen molar-refractivity contribution in [3.05, 3.63) is 36.5 Å². The first kappa shape index (κ1) is 64.6. The summed E-state index contributed by atoms with van der Waals surface area (Å²) in [7, 11) is 0. The molecular formula is C61H112O6. The van der Waals surface area contributed by atoms with Crippen LogP contribution in [0.2, 0.25) is 0 Å². The van der Waals surface area contributed by atoms with Crippen molar-refractivity contribution in [1.29, 1.82) is 0 Å². The van der Waals surface area contributed by atoms with Crippen LogP contribution in [-0.4, -0.2) is 37.2 Å². The fraction of sp³-hybridized carbons (Fsp3) is 0.852. The fourth-order valence-corrected chi connectivity index (χ4v) is 8.63. The van der Waals surface area contributed by atoms with Crippen molar-refractivity contribution in [2.24, 2.45) is 0 Å². The van der Waals surface area contributed by atoms with Crippen LogP contribution >= 0.6 is 0 Å². The summed E-state index contributed by atoms with van der Waals surface area (Å²) in [6.45, 7) is 6.61. The maximum Gasteiger partial charge on any atom is 0.306 e. The average molecular weight is 942 g/mol. The smallest absolute Gasteiger partial charge is 0.306 e. The molecule has 0 heterocycles. The number of ether oxygens (including phenoxy) is 3. The van der Waals surface area contributed by atoms with Crippen LogP contribution in [0.15, 0.2) is 36.5 Å². The molecule has 0 aromatic rings. The summed E-state index contributed by atoms with van der Waals surface area (Å²) in [4.78, 5) is 38.0. The zero-order valence-corrected chi connectivity index (χ0v) is 44.9. The Hall–Kier alpha value is -2.37. The predicted octanol–water partition coefficient (Wildman–Crippen LogP) is 19.7. The summed E-state index contributed by atoms with van der Waals surface area (Å²) in [5.74, 6) is -0.875. The van der Waals surface area contributed by atoms with Gasteiger partial charge in [0.15, 0.2) is 6.10 Å². The van der Waals surface area contributed by atoms with Crippen LogP contribution in [0, 0.1) is 0 Å². The third-order valence-corrected chi connectivity index (χ3v) is 13.1. The zero-order chi connectivity index (χ0) is 48.6. The Morgan fingerprint density at radius 1 is 0.299 bits per heavy atom. The molecule has 0 N–H and O–H groups in total. The molecule has 0 aliphatic heterocycles. The molecule has 0 amide bonds. The van der Waals surface area contributed by atoms with Gasteiger partial charge in [0.25, 0.3) is 0 Å². The standard InChI is InChI=1S/C61H112O6/c1-4-7-10-13-16-19-22-24-26-27-28-29-30-31-32-33-34-35-36-38-39-42-45-48-51-54-60(63)66-57-58(56-65-59(62)53-50-47-44-41-21-18-15-12-9-6-3)67-61(64)55-52-49-46-43-40-37-25-23-20-17-14-11-8-5-2/h14,17,23,25,27-28,58H,4-13,15-16,18-22,24,26,29-57H2,1-3H3/b17-14-,25-23-,28-27-. The molecule has 0 rings (SSSR count). The molecular weight excluding hydrogens is 829 g/mol. The van der Waals surface area contributed by atoms with E-state index in [4.69, 9.17) is 14.2 Å². The van der Waals surface area contributed by atoms with Gasteiger partial charge >= 0.3 is 17.9 Å². The summed E-state index contributed by atoms with van der Waals surface area (Å²) >= 11 is 0. The first-order valence-corrected chi connectivity index (χ1v) is 29.5. The maximum absolute atomic E-state index is 12.8. The van der Waals surface area contributed by atoms with Crippen LogP contribution in [0.5, 0.6) is 0 Å². The van der Waals surface area contributed by atoms with Crippen molar-refractivity contribution >= 4 is 17.9 Å². The summed E-state index contributed by atoms with van der Waals surface area (Å²) in [5.41, 5.74) is 0. The molecule has 6 heteroatoms. The second-order valence-corrected chi connectivity index (χ2v) is 19.9. The number of esters is 3. The quantitative estimate of drug-likeness (QED) is 0.0262. The highest BCUT2D eigenvalue weighted by atomic mass is 16.6. The molecule has 67 heavy (non-hydrogen) atoms. The van der Waals surface area contributed by atoms with Gasteiger partial charge in [-0.2, -0.15) is 0 Å². The van der Waals surface area contributed by atoms with Crippen LogP contribution < -0.4 is 0 Å². The normalized spacial score (nSPS) is 12.2. The van der Waals surface area contributed by atoms with Gasteiger partial charge in [0, 0.05) is 19.3 Å². The predicted molar refractivity (Wildman–Crippen MR) is 289 cm³/mol. The molecule has 0 aliphatic carbocycles. The Morgan fingerprint density at radius 3 is 0.881 bits per heavy atom. The molecule has 0 radical (unpaired) electrons. The molecule has 0 spiro atoms. The van der Waals surface area contributed by atoms with E-state index in [9.17, 15) is 14.4 Å². The van der Waals surface area contributed by atoms with Crippen LogP contribution in [0.4, 0.5) is 0 Å². The molecule has 0 aromatic carbocycles. The van der Waals surface area contributed by atoms with E-state index in [1.54, 1.807) is 0 Å². The van der Waals surface area contributed by atoms with Gasteiger partial charge in [0.1, 0.15) is 13.2 Å². The zero-order valence-electron chi connectivity index (χ0n) is 44.9. The molecule has 6 nitrogen and oxygen atoms in total. The van der Waals surface area contributed by atoms with Gasteiger partial charge < -0.3 is 14.2 Å². The van der Waals surface area contributed by atoms with E-state index in [-0.39, 0.29) is 31.1 Å². The van der Waals surface area contributed by atoms with Crippen LogP contribution in [0.1, 0.15) is 316 Å². The molecule has 392 valence electrons. The second kappa shape index (κ2) is 56.2. The lowest BCUT2D eigenvalue weighted by molar-refractivity contribution is -0.167. The summed E-state index contributed by atoms with van der Waals surface area (Å²) < 4.78 is 16.8. The van der Waals surface area contributed by atoms with E-state index < -0.39 is 6.10 Å². The number of allylic oxidation sites excluding steroid dienone is 6. The summed E-state index contributed by atoms with van der Waals surface area (Å²) in [5, 5.41) is 0. The third kappa shape index (κ3) is 54.4. The number of rotatable bonds is 54.